The van der Waals surface area contributed by atoms with Gasteiger partial charge in [-0.1, -0.05) is 0 Å². The van der Waals surface area contributed by atoms with Crippen molar-refractivity contribution in [1.82, 2.24) is 29.5 Å². The summed E-state index contributed by atoms with van der Waals surface area (Å²) in [6, 6.07) is 0. The van der Waals surface area contributed by atoms with Crippen molar-refractivity contribution in [2.24, 2.45) is 0 Å². The average Bonchev–Trinajstić information content (AvgIpc) is 2.87. The molecule has 0 aliphatic heterocycles. The summed E-state index contributed by atoms with van der Waals surface area (Å²) in [5, 5.41) is 8.11. The number of fused-ring (bicyclic) bond motifs is 1. The van der Waals surface area contributed by atoms with E-state index in [9.17, 15) is 0 Å². The van der Waals surface area contributed by atoms with Crippen LogP contribution in [0.5, 0.6) is 0 Å². The Labute approximate surface area is 100 Å². The van der Waals surface area contributed by atoms with Crippen LogP contribution in [0.15, 0.2) is 28.8 Å². The molecule has 0 saturated heterocycles. The van der Waals surface area contributed by atoms with Gasteiger partial charge in [0.15, 0.2) is 5.65 Å². The first-order valence-electron chi connectivity index (χ1n) is 4.88. The summed E-state index contributed by atoms with van der Waals surface area (Å²) in [6.07, 6.45) is 5.24. The van der Waals surface area contributed by atoms with Gasteiger partial charge in [0.1, 0.15) is 16.7 Å². The predicted molar refractivity (Wildman–Crippen MR) is 62.6 cm³/mol. The lowest BCUT2D eigenvalue weighted by molar-refractivity contribution is 0.961. The molecule has 3 aromatic heterocycles. The second kappa shape index (κ2) is 3.74. The number of nitrogens with zero attached hydrogens (tertiary/aromatic N) is 5. The van der Waals surface area contributed by atoms with Crippen LogP contribution in [0.25, 0.3) is 5.65 Å². The fourth-order valence-electron chi connectivity index (χ4n) is 1.44. The van der Waals surface area contributed by atoms with Gasteiger partial charge in [0.2, 0.25) is 5.16 Å². The second-order valence-corrected chi connectivity index (χ2v) is 4.39. The highest BCUT2D eigenvalue weighted by molar-refractivity contribution is 7.99. The Hall–Kier alpha value is -2.09. The Balaban J connectivity index is 2.07. The Morgan fingerprint density at radius 2 is 2.29 bits per heavy atom. The molecule has 0 saturated carbocycles. The van der Waals surface area contributed by atoms with Gasteiger partial charge in [0, 0.05) is 12.4 Å². The number of aromatic amines is 1. The number of rotatable bonds is 2. The molecule has 0 spiro atoms. The summed E-state index contributed by atoms with van der Waals surface area (Å²) < 4.78 is 1.82. The van der Waals surface area contributed by atoms with E-state index in [0.29, 0.717) is 16.0 Å². The maximum atomic E-state index is 5.72. The number of hydrogen-bond donors (Lipinski definition) is 2. The number of H-pyrrole nitrogens is 1. The summed E-state index contributed by atoms with van der Waals surface area (Å²) in [5.41, 5.74) is 6.46. The van der Waals surface area contributed by atoms with E-state index in [-0.39, 0.29) is 0 Å². The van der Waals surface area contributed by atoms with Crippen LogP contribution >= 0.6 is 11.8 Å². The first-order valence-corrected chi connectivity index (χ1v) is 5.70. The van der Waals surface area contributed by atoms with E-state index in [1.54, 1.807) is 12.4 Å². The molecule has 0 radical (unpaired) electrons. The van der Waals surface area contributed by atoms with Crippen molar-refractivity contribution in [2.45, 2.75) is 17.1 Å². The lowest BCUT2D eigenvalue weighted by Crippen LogP contribution is -1.97. The van der Waals surface area contributed by atoms with Crippen LogP contribution < -0.4 is 5.73 Å². The monoisotopic (exact) mass is 247 g/mol. The first-order chi connectivity index (χ1) is 8.22. The molecule has 3 rings (SSSR count). The van der Waals surface area contributed by atoms with Crippen molar-refractivity contribution >= 4 is 23.2 Å². The molecule has 0 amide bonds. The summed E-state index contributed by atoms with van der Waals surface area (Å²) in [6.45, 7) is 1.84. The van der Waals surface area contributed by atoms with E-state index in [1.807, 2.05) is 17.5 Å². The molecule has 3 N–H and O–H groups in total. The van der Waals surface area contributed by atoms with E-state index in [4.69, 9.17) is 5.73 Å². The summed E-state index contributed by atoms with van der Waals surface area (Å²) in [7, 11) is 0. The van der Waals surface area contributed by atoms with Gasteiger partial charge in [-0.05, 0) is 18.7 Å². The number of nitrogens with two attached hydrogens (primary N) is 1. The van der Waals surface area contributed by atoms with Crippen LogP contribution in [0.1, 0.15) is 5.82 Å². The van der Waals surface area contributed by atoms with Gasteiger partial charge in [0.25, 0.3) is 0 Å². The number of aromatic nitrogens is 6. The van der Waals surface area contributed by atoms with Crippen LogP contribution in [0, 0.1) is 6.92 Å². The van der Waals surface area contributed by atoms with Gasteiger partial charge in [-0.2, -0.15) is 0 Å². The molecule has 0 bridgehead atoms. The lowest BCUT2D eigenvalue weighted by atomic mass is 10.6. The maximum Gasteiger partial charge on any atom is 0.214 e. The molecule has 0 fully saturated rings. The zero-order valence-electron chi connectivity index (χ0n) is 8.95. The van der Waals surface area contributed by atoms with Gasteiger partial charge in [-0.25, -0.2) is 15.0 Å². The van der Waals surface area contributed by atoms with Gasteiger partial charge in [-0.3, -0.25) is 5.10 Å². The number of aryl methyl sites for hydroxylation is 1. The third-order valence-electron chi connectivity index (χ3n) is 2.13. The van der Waals surface area contributed by atoms with Gasteiger partial charge < -0.3 is 10.1 Å². The summed E-state index contributed by atoms with van der Waals surface area (Å²) in [4.78, 5) is 12.7. The van der Waals surface area contributed by atoms with Gasteiger partial charge in [-0.15, -0.1) is 5.10 Å². The number of nitrogens with one attached hydrogen (secondary N) is 1. The minimum atomic E-state index is 0.435. The van der Waals surface area contributed by atoms with E-state index in [2.05, 4.69) is 25.1 Å². The average molecular weight is 247 g/mol. The fourth-order valence-corrected chi connectivity index (χ4v) is 2.29. The molecule has 3 heterocycles. The molecule has 0 atom stereocenters. The quantitative estimate of drug-likeness (QED) is 0.698. The molecule has 3 aromatic rings. The molecular formula is C9H9N7S. The number of nitrogen functional groups attached to an aromatic ring is 1. The minimum Gasteiger partial charge on any atom is -0.382 e. The van der Waals surface area contributed by atoms with Crippen LogP contribution in [0.4, 0.5) is 5.82 Å². The molecule has 0 aliphatic carbocycles. The summed E-state index contributed by atoms with van der Waals surface area (Å²) >= 11 is 1.33. The Morgan fingerprint density at radius 3 is 3.06 bits per heavy atom. The van der Waals surface area contributed by atoms with Gasteiger partial charge in [0.05, 0.1) is 6.20 Å². The van der Waals surface area contributed by atoms with Crippen molar-refractivity contribution < 1.29 is 0 Å². The van der Waals surface area contributed by atoms with Crippen molar-refractivity contribution in [3.63, 3.8) is 0 Å². The van der Waals surface area contributed by atoms with E-state index >= 15 is 0 Å². The molecule has 86 valence electrons. The zero-order chi connectivity index (χ0) is 11.8. The third kappa shape index (κ3) is 1.82. The molecule has 7 nitrogen and oxygen atoms in total. The molecule has 17 heavy (non-hydrogen) atoms. The fraction of sp³-hybridized carbons (Fsp3) is 0.111. The van der Waals surface area contributed by atoms with E-state index in [1.165, 1.54) is 11.8 Å². The standard InChI is InChI=1S/C9H9N7S/c1-5-12-9(15-14-5)17-8-7-11-2-3-16(7)4-6(10)13-8/h2-4H,10H2,1H3,(H,12,14,15). The lowest BCUT2D eigenvalue weighted by Gasteiger charge is -2.01. The molecule has 0 unspecified atom stereocenters. The van der Waals surface area contributed by atoms with E-state index in [0.717, 1.165) is 11.5 Å². The number of hydrogen-bond acceptors (Lipinski definition) is 6. The Kier molecular flexibility index (Phi) is 2.22. The van der Waals surface area contributed by atoms with Crippen LogP contribution in [-0.4, -0.2) is 29.5 Å². The van der Waals surface area contributed by atoms with Crippen LogP contribution in [-0.2, 0) is 0 Å². The summed E-state index contributed by atoms with van der Waals surface area (Å²) in [5.74, 6) is 1.20. The minimum absolute atomic E-state index is 0.435. The predicted octanol–water partition coefficient (Wildman–Crippen LogP) is 0.889. The highest BCUT2D eigenvalue weighted by Crippen LogP contribution is 2.26. The Bertz CT molecular complexity index is 671. The van der Waals surface area contributed by atoms with Crippen molar-refractivity contribution in [3.8, 4) is 0 Å². The molecule has 0 aromatic carbocycles. The van der Waals surface area contributed by atoms with Crippen molar-refractivity contribution in [3.05, 3.63) is 24.4 Å². The van der Waals surface area contributed by atoms with Crippen LogP contribution in [0.2, 0.25) is 0 Å². The third-order valence-corrected chi connectivity index (χ3v) is 2.96. The maximum absolute atomic E-state index is 5.72. The normalized spacial score (nSPS) is 11.1. The van der Waals surface area contributed by atoms with Crippen molar-refractivity contribution in [2.75, 3.05) is 5.73 Å². The number of imidazole rings is 1. The SMILES string of the molecule is Cc1nc(Sc2nc(N)cn3ccnc23)n[nH]1. The molecule has 8 heteroatoms. The highest BCUT2D eigenvalue weighted by Gasteiger charge is 2.10. The Morgan fingerprint density at radius 1 is 1.41 bits per heavy atom. The first kappa shape index (κ1) is 10.1. The largest absolute Gasteiger partial charge is 0.382 e. The van der Waals surface area contributed by atoms with Crippen LogP contribution in [0.3, 0.4) is 0 Å². The zero-order valence-corrected chi connectivity index (χ0v) is 9.77. The molecule has 0 aliphatic rings. The second-order valence-electron chi connectivity index (χ2n) is 3.43. The van der Waals surface area contributed by atoms with Gasteiger partial charge >= 0.3 is 0 Å². The molecular weight excluding hydrogens is 238 g/mol. The number of anilines is 1. The highest BCUT2D eigenvalue weighted by atomic mass is 32.2. The smallest absolute Gasteiger partial charge is 0.214 e. The van der Waals surface area contributed by atoms with E-state index < -0.39 is 0 Å². The topological polar surface area (TPSA) is 97.8 Å². The van der Waals surface area contributed by atoms with Crippen molar-refractivity contribution in [1.29, 1.82) is 0 Å².